The molecule has 1 aromatic heterocycles. The summed E-state index contributed by atoms with van der Waals surface area (Å²) in [4.78, 5) is 12.0. The van der Waals surface area contributed by atoms with E-state index in [-0.39, 0.29) is 11.7 Å². The Hall–Kier alpha value is -2.06. The molecule has 3 aromatic rings. The van der Waals surface area contributed by atoms with Crippen molar-refractivity contribution in [2.24, 2.45) is 0 Å². The van der Waals surface area contributed by atoms with Gasteiger partial charge in [0, 0.05) is 0 Å². The predicted molar refractivity (Wildman–Crippen MR) is 104 cm³/mol. The molecule has 132 valence electrons. The number of amides is 1. The van der Waals surface area contributed by atoms with Gasteiger partial charge in [0.25, 0.3) is 0 Å². The Morgan fingerprint density at radius 2 is 1.92 bits per heavy atom. The van der Waals surface area contributed by atoms with Gasteiger partial charge < -0.3 is 0 Å². The van der Waals surface area contributed by atoms with Crippen molar-refractivity contribution in [2.75, 3.05) is 15.0 Å². The Morgan fingerprint density at radius 3 is 2.73 bits per heavy atom. The van der Waals surface area contributed by atoms with Crippen molar-refractivity contribution in [3.05, 3.63) is 60.2 Å². The van der Waals surface area contributed by atoms with E-state index >= 15 is 0 Å². The second-order valence-corrected chi connectivity index (χ2v) is 10.5. The van der Waals surface area contributed by atoms with Crippen LogP contribution in [0, 0.1) is 0 Å². The van der Waals surface area contributed by atoms with Crippen LogP contribution in [0.2, 0.25) is 0 Å². The Bertz CT molecular complexity index is 964. The summed E-state index contributed by atoms with van der Waals surface area (Å²) in [7, 11) is 0. The number of benzene rings is 2. The summed E-state index contributed by atoms with van der Waals surface area (Å²) in [5.74, 6) is 0.155. The van der Waals surface area contributed by atoms with Crippen molar-refractivity contribution in [1.29, 1.82) is 0 Å². The van der Waals surface area contributed by atoms with Crippen LogP contribution in [0.4, 0.5) is 10.8 Å². The SMILES string of the molecule is O=C(CSc1nnc(N2Cc3ccccc3[Se]2=O)s1)Nc1ccccc1. The fourth-order valence-corrected chi connectivity index (χ4v) is 7.18. The van der Waals surface area contributed by atoms with Crippen LogP contribution in [0.3, 0.4) is 0 Å². The fraction of sp³-hybridized carbons (Fsp3) is 0.118. The first-order valence-electron chi connectivity index (χ1n) is 7.79. The molecule has 2 heterocycles. The molecule has 0 radical (unpaired) electrons. The Morgan fingerprint density at radius 1 is 1.15 bits per heavy atom. The number of hydrogen-bond acceptors (Lipinski definition) is 6. The second-order valence-electron chi connectivity index (χ2n) is 5.45. The summed E-state index contributed by atoms with van der Waals surface area (Å²) < 4.78 is 16.1. The first-order chi connectivity index (χ1) is 12.7. The predicted octanol–water partition coefficient (Wildman–Crippen LogP) is 2.41. The third-order valence-electron chi connectivity index (χ3n) is 3.67. The maximum atomic E-state index is 12.7. The summed E-state index contributed by atoms with van der Waals surface area (Å²) >= 11 is 0.392. The van der Waals surface area contributed by atoms with Gasteiger partial charge in [-0.3, -0.25) is 0 Å². The molecule has 0 spiro atoms. The zero-order chi connectivity index (χ0) is 17.9. The van der Waals surface area contributed by atoms with Crippen molar-refractivity contribution >= 4 is 58.3 Å². The van der Waals surface area contributed by atoms with Gasteiger partial charge >= 0.3 is 163 Å². The quantitative estimate of drug-likeness (QED) is 0.477. The summed E-state index contributed by atoms with van der Waals surface area (Å²) in [6.45, 7) is 0.595. The number of thioether (sulfide) groups is 1. The van der Waals surface area contributed by atoms with Crippen LogP contribution >= 0.6 is 23.1 Å². The number of nitrogens with one attached hydrogen (secondary N) is 1. The molecule has 1 N–H and O–H groups in total. The third kappa shape index (κ3) is 3.71. The van der Waals surface area contributed by atoms with Crippen LogP contribution in [-0.2, 0) is 15.2 Å². The number of anilines is 2. The number of aromatic nitrogens is 2. The molecule has 1 atom stereocenters. The van der Waals surface area contributed by atoms with E-state index in [0.29, 0.717) is 16.0 Å². The van der Waals surface area contributed by atoms with E-state index in [1.165, 1.54) is 23.1 Å². The number of fused-ring (bicyclic) bond motifs is 1. The van der Waals surface area contributed by atoms with E-state index in [2.05, 4.69) is 15.5 Å². The maximum absolute atomic E-state index is 12.7. The molecule has 2 aromatic carbocycles. The van der Waals surface area contributed by atoms with Crippen LogP contribution in [0.15, 0.2) is 58.9 Å². The normalized spacial score (nSPS) is 15.7. The van der Waals surface area contributed by atoms with Crippen molar-refractivity contribution in [3.63, 3.8) is 0 Å². The van der Waals surface area contributed by atoms with Gasteiger partial charge in [-0.1, -0.05) is 0 Å². The molecule has 0 saturated carbocycles. The zero-order valence-electron chi connectivity index (χ0n) is 13.5. The molecule has 9 heteroatoms. The summed E-state index contributed by atoms with van der Waals surface area (Å²) in [5.41, 5.74) is 1.85. The molecule has 1 aliphatic rings. The standard InChI is InChI=1S/C17H14N4O2S2Se/c22-15(18-13-7-2-1-3-8-13)11-24-17-20-19-16(25-17)21-10-12-6-4-5-9-14(12)26(21)23/h1-9H,10-11H2,(H,18,22). The average molecular weight is 449 g/mol. The van der Waals surface area contributed by atoms with Gasteiger partial charge in [0.15, 0.2) is 0 Å². The van der Waals surface area contributed by atoms with Gasteiger partial charge in [0.05, 0.1) is 0 Å². The van der Waals surface area contributed by atoms with E-state index in [4.69, 9.17) is 0 Å². The van der Waals surface area contributed by atoms with Gasteiger partial charge in [-0.15, -0.1) is 0 Å². The van der Waals surface area contributed by atoms with E-state index < -0.39 is 14.1 Å². The van der Waals surface area contributed by atoms with Crippen LogP contribution in [0.1, 0.15) is 5.56 Å². The van der Waals surface area contributed by atoms with Crippen molar-refractivity contribution in [1.82, 2.24) is 10.2 Å². The summed E-state index contributed by atoms with van der Waals surface area (Å²) in [6.07, 6.45) is 0. The molecular formula is C17H14N4O2S2Se. The Kier molecular flexibility index (Phi) is 5.12. The molecular weight excluding hydrogens is 435 g/mol. The topological polar surface area (TPSA) is 75.2 Å². The Labute approximate surface area is 162 Å². The van der Waals surface area contributed by atoms with E-state index in [1.54, 1.807) is 0 Å². The molecule has 0 fully saturated rings. The Balaban J connectivity index is 1.37. The van der Waals surface area contributed by atoms with Crippen LogP contribution in [0.25, 0.3) is 0 Å². The number of carbonyl (C=O) groups excluding carboxylic acids is 1. The van der Waals surface area contributed by atoms with E-state index in [0.717, 1.165) is 15.7 Å². The third-order valence-corrected chi connectivity index (χ3v) is 9.11. The summed E-state index contributed by atoms with van der Waals surface area (Å²) in [6, 6.07) is 17.1. The van der Waals surface area contributed by atoms with Crippen molar-refractivity contribution in [2.45, 2.75) is 10.9 Å². The summed E-state index contributed by atoms with van der Waals surface area (Å²) in [5, 5.41) is 11.8. The van der Waals surface area contributed by atoms with Crippen LogP contribution in [0.5, 0.6) is 0 Å². The molecule has 0 bridgehead atoms. The number of rotatable bonds is 5. The minimum atomic E-state index is -2.31. The van der Waals surface area contributed by atoms with Gasteiger partial charge in [0.1, 0.15) is 0 Å². The fourth-order valence-electron chi connectivity index (χ4n) is 2.48. The molecule has 26 heavy (non-hydrogen) atoms. The monoisotopic (exact) mass is 450 g/mol. The first-order valence-corrected chi connectivity index (χ1v) is 11.9. The van der Waals surface area contributed by atoms with Gasteiger partial charge in [-0.2, -0.15) is 0 Å². The number of hydrogen-bond donors (Lipinski definition) is 1. The molecule has 0 aliphatic carbocycles. The minimum absolute atomic E-state index is 0.0957. The second kappa shape index (κ2) is 7.67. The van der Waals surface area contributed by atoms with Crippen molar-refractivity contribution in [3.8, 4) is 0 Å². The molecule has 6 nitrogen and oxygen atoms in total. The van der Waals surface area contributed by atoms with Gasteiger partial charge in [0.2, 0.25) is 0 Å². The molecule has 1 amide bonds. The average Bonchev–Trinajstić information content (AvgIpc) is 3.26. The van der Waals surface area contributed by atoms with Crippen molar-refractivity contribution < 1.29 is 8.63 Å². The van der Waals surface area contributed by atoms with E-state index in [9.17, 15) is 8.63 Å². The molecule has 1 aliphatic heterocycles. The molecule has 1 unspecified atom stereocenters. The number of nitrogens with zero attached hydrogens (tertiary/aromatic N) is 3. The van der Waals surface area contributed by atoms with Gasteiger partial charge in [-0.05, 0) is 0 Å². The van der Waals surface area contributed by atoms with E-state index in [1.807, 2.05) is 58.5 Å². The number of carbonyl (C=O) groups is 1. The molecule has 4 rings (SSSR count). The van der Waals surface area contributed by atoms with Crippen LogP contribution in [-0.4, -0.2) is 35.9 Å². The number of para-hydroxylation sites is 1. The zero-order valence-corrected chi connectivity index (χ0v) is 16.8. The first kappa shape index (κ1) is 17.4. The molecule has 0 saturated heterocycles. The van der Waals surface area contributed by atoms with Gasteiger partial charge in [-0.25, -0.2) is 0 Å². The van der Waals surface area contributed by atoms with Crippen LogP contribution < -0.4 is 13.7 Å².